The molecule has 1 aliphatic rings. The Balaban J connectivity index is 1.88. The number of aromatic nitrogens is 1. The highest BCUT2D eigenvalue weighted by molar-refractivity contribution is 7.86. The Kier molecular flexibility index (Phi) is 5.80. The lowest BCUT2D eigenvalue weighted by Gasteiger charge is -2.17. The summed E-state index contributed by atoms with van der Waals surface area (Å²) in [4.78, 5) is 5.54. The van der Waals surface area contributed by atoms with E-state index in [4.69, 9.17) is 8.92 Å². The number of hydrogen-bond acceptors (Lipinski definition) is 7. The summed E-state index contributed by atoms with van der Waals surface area (Å²) in [5, 5.41) is 14.7. The fourth-order valence-electron chi connectivity index (χ4n) is 4.12. The van der Waals surface area contributed by atoms with Crippen LogP contribution in [-0.2, 0) is 34.6 Å². The summed E-state index contributed by atoms with van der Waals surface area (Å²) in [6.07, 6.45) is 0.0744. The van der Waals surface area contributed by atoms with Crippen LogP contribution < -0.4 is 9.50 Å². The summed E-state index contributed by atoms with van der Waals surface area (Å²) in [6, 6.07) is 10.1. The van der Waals surface area contributed by atoms with Crippen LogP contribution >= 0.6 is 0 Å². The molecule has 8 nitrogen and oxygen atoms in total. The molecule has 0 aliphatic carbocycles. The van der Waals surface area contributed by atoms with Crippen molar-refractivity contribution in [1.82, 2.24) is 15.2 Å². The van der Waals surface area contributed by atoms with Crippen LogP contribution in [-0.4, -0.2) is 50.9 Å². The van der Waals surface area contributed by atoms with Crippen LogP contribution in [0.15, 0.2) is 30.3 Å². The SMILES string of the molecule is COCc1cc(-c2cc3cc(CN(C)C)ccc3[nH]2)c2c(c1OS(C)(=O)=O)CNC2O. The van der Waals surface area contributed by atoms with Crippen LogP contribution in [0.2, 0.25) is 0 Å². The van der Waals surface area contributed by atoms with Crippen LogP contribution in [0, 0.1) is 0 Å². The van der Waals surface area contributed by atoms with E-state index in [9.17, 15) is 13.5 Å². The number of aliphatic hydroxyl groups is 1. The lowest BCUT2D eigenvalue weighted by atomic mass is 9.95. The van der Waals surface area contributed by atoms with Gasteiger partial charge in [0.15, 0.2) is 5.75 Å². The Morgan fingerprint density at radius 3 is 2.68 bits per heavy atom. The summed E-state index contributed by atoms with van der Waals surface area (Å²) >= 11 is 0. The Labute approximate surface area is 181 Å². The first-order chi connectivity index (χ1) is 14.7. The van der Waals surface area contributed by atoms with Crippen molar-refractivity contribution in [2.24, 2.45) is 0 Å². The second kappa shape index (κ2) is 8.25. The number of aromatic amines is 1. The molecule has 1 atom stereocenters. The van der Waals surface area contributed by atoms with Crippen LogP contribution in [0.5, 0.6) is 5.75 Å². The van der Waals surface area contributed by atoms with Gasteiger partial charge < -0.3 is 23.9 Å². The van der Waals surface area contributed by atoms with Crippen LogP contribution in [0.4, 0.5) is 0 Å². The minimum absolute atomic E-state index is 0.175. The van der Waals surface area contributed by atoms with Gasteiger partial charge in [0.25, 0.3) is 0 Å². The van der Waals surface area contributed by atoms with Crippen molar-refractivity contribution < 1.29 is 22.4 Å². The molecule has 1 unspecified atom stereocenters. The molecule has 0 saturated heterocycles. The molecule has 1 aliphatic heterocycles. The fourth-order valence-corrected chi connectivity index (χ4v) is 4.63. The number of H-pyrrole nitrogens is 1. The number of aliphatic hydroxyl groups excluding tert-OH is 1. The molecular formula is C22H27N3O5S. The smallest absolute Gasteiger partial charge is 0.306 e. The maximum Gasteiger partial charge on any atom is 0.306 e. The molecule has 166 valence electrons. The standard InChI is InChI=1S/C22H27N3O5S/c1-25(2)11-13-5-6-18-14(7-13)9-19(24-18)16-8-15(12-29-3)21(30-31(4,27)28)17-10-23-22(26)20(16)17/h5-9,22-24,26H,10-12H2,1-4H3. The highest BCUT2D eigenvalue weighted by atomic mass is 32.2. The lowest BCUT2D eigenvalue weighted by molar-refractivity contribution is 0.152. The van der Waals surface area contributed by atoms with Gasteiger partial charge in [0.05, 0.1) is 12.9 Å². The van der Waals surface area contributed by atoms with Gasteiger partial charge in [-0.2, -0.15) is 8.42 Å². The summed E-state index contributed by atoms with van der Waals surface area (Å²) in [6.45, 7) is 1.30. The maximum absolute atomic E-state index is 11.9. The number of ether oxygens (including phenoxy) is 1. The van der Waals surface area contributed by atoms with Crippen LogP contribution in [0.25, 0.3) is 22.2 Å². The van der Waals surface area contributed by atoms with E-state index in [1.807, 2.05) is 32.3 Å². The number of nitrogens with zero attached hydrogens (tertiary/aromatic N) is 1. The zero-order valence-electron chi connectivity index (χ0n) is 18.0. The molecule has 0 fully saturated rings. The molecule has 0 amide bonds. The summed E-state index contributed by atoms with van der Waals surface area (Å²) < 4.78 is 34.3. The Hall–Kier alpha value is -2.43. The summed E-state index contributed by atoms with van der Waals surface area (Å²) in [5.41, 5.74) is 5.63. The van der Waals surface area contributed by atoms with Gasteiger partial charge >= 0.3 is 10.1 Å². The third-order valence-electron chi connectivity index (χ3n) is 5.25. The molecule has 0 spiro atoms. The quantitative estimate of drug-likeness (QED) is 0.480. The molecule has 1 aromatic heterocycles. The number of methoxy groups -OCH3 is 1. The number of rotatable bonds is 7. The predicted octanol–water partition coefficient (Wildman–Crippen LogP) is 2.48. The number of nitrogens with one attached hydrogen (secondary N) is 2. The third kappa shape index (κ3) is 4.46. The van der Waals surface area contributed by atoms with Crippen molar-refractivity contribution in [2.75, 3.05) is 27.5 Å². The van der Waals surface area contributed by atoms with Crippen molar-refractivity contribution >= 4 is 21.0 Å². The Bertz CT molecular complexity index is 1230. The first-order valence-electron chi connectivity index (χ1n) is 9.91. The van der Waals surface area contributed by atoms with Gasteiger partial charge in [-0.1, -0.05) is 6.07 Å². The molecule has 0 saturated carbocycles. The normalized spacial score (nSPS) is 16.3. The van der Waals surface area contributed by atoms with Crippen molar-refractivity contribution in [3.8, 4) is 17.0 Å². The minimum atomic E-state index is -3.75. The van der Waals surface area contributed by atoms with Gasteiger partial charge in [-0.3, -0.25) is 5.32 Å². The molecule has 31 heavy (non-hydrogen) atoms. The highest BCUT2D eigenvalue weighted by Crippen LogP contribution is 2.42. The van der Waals surface area contributed by atoms with E-state index in [0.29, 0.717) is 23.2 Å². The topological polar surface area (TPSA) is 104 Å². The largest absolute Gasteiger partial charge is 0.382 e. The molecule has 3 N–H and O–H groups in total. The third-order valence-corrected chi connectivity index (χ3v) is 5.72. The van der Waals surface area contributed by atoms with Crippen molar-refractivity contribution in [1.29, 1.82) is 0 Å². The second-order valence-corrected chi connectivity index (χ2v) is 9.73. The average Bonchev–Trinajstić information content (AvgIpc) is 3.26. The number of fused-ring (bicyclic) bond motifs is 2. The molecule has 4 rings (SSSR count). The number of benzene rings is 2. The van der Waals surface area contributed by atoms with E-state index >= 15 is 0 Å². The zero-order valence-corrected chi connectivity index (χ0v) is 18.8. The molecule has 9 heteroatoms. The van der Waals surface area contributed by atoms with Gasteiger partial charge in [0.2, 0.25) is 0 Å². The van der Waals surface area contributed by atoms with Gasteiger partial charge in [-0.15, -0.1) is 0 Å². The Morgan fingerprint density at radius 2 is 2.00 bits per heavy atom. The Morgan fingerprint density at radius 1 is 1.23 bits per heavy atom. The van der Waals surface area contributed by atoms with Gasteiger partial charge in [0.1, 0.15) is 6.23 Å². The van der Waals surface area contributed by atoms with Crippen LogP contribution in [0.1, 0.15) is 28.5 Å². The summed E-state index contributed by atoms with van der Waals surface area (Å²) in [7, 11) is 1.85. The fraction of sp³-hybridized carbons (Fsp3) is 0.364. The second-order valence-electron chi connectivity index (χ2n) is 8.15. The van der Waals surface area contributed by atoms with E-state index in [-0.39, 0.29) is 12.4 Å². The maximum atomic E-state index is 11.9. The number of hydrogen-bond donors (Lipinski definition) is 3. The molecule has 2 heterocycles. The van der Waals surface area contributed by atoms with E-state index in [1.54, 1.807) is 7.11 Å². The van der Waals surface area contributed by atoms with Crippen molar-refractivity contribution in [3.05, 3.63) is 52.6 Å². The van der Waals surface area contributed by atoms with E-state index < -0.39 is 16.3 Å². The van der Waals surface area contributed by atoms with E-state index in [2.05, 4.69) is 27.3 Å². The highest BCUT2D eigenvalue weighted by Gasteiger charge is 2.31. The van der Waals surface area contributed by atoms with E-state index in [0.717, 1.165) is 35.0 Å². The molecular weight excluding hydrogens is 418 g/mol. The molecule has 0 radical (unpaired) electrons. The van der Waals surface area contributed by atoms with Crippen molar-refractivity contribution in [2.45, 2.75) is 25.9 Å². The summed E-state index contributed by atoms with van der Waals surface area (Å²) in [5.74, 6) is 0.219. The molecule has 0 bridgehead atoms. The van der Waals surface area contributed by atoms with Gasteiger partial charge in [0, 0.05) is 59.0 Å². The average molecular weight is 446 g/mol. The van der Waals surface area contributed by atoms with E-state index in [1.165, 1.54) is 5.56 Å². The first kappa shape index (κ1) is 21.8. The van der Waals surface area contributed by atoms with Crippen molar-refractivity contribution in [3.63, 3.8) is 0 Å². The molecule has 2 aromatic carbocycles. The first-order valence-corrected chi connectivity index (χ1v) is 11.7. The van der Waals surface area contributed by atoms with Gasteiger partial charge in [-0.05, 0) is 43.9 Å². The lowest BCUT2D eigenvalue weighted by Crippen LogP contribution is -2.11. The minimum Gasteiger partial charge on any atom is -0.382 e. The van der Waals surface area contributed by atoms with Gasteiger partial charge in [-0.25, -0.2) is 0 Å². The zero-order chi connectivity index (χ0) is 22.3. The predicted molar refractivity (Wildman–Crippen MR) is 119 cm³/mol. The monoisotopic (exact) mass is 445 g/mol. The van der Waals surface area contributed by atoms with Crippen LogP contribution in [0.3, 0.4) is 0 Å². The molecule has 3 aromatic rings.